The first kappa shape index (κ1) is 26.8. The lowest BCUT2D eigenvalue weighted by molar-refractivity contribution is 0.0664. The lowest BCUT2D eigenvalue weighted by atomic mass is 10.1. The molecule has 7 nitrogen and oxygen atoms in total. The van der Waals surface area contributed by atoms with E-state index in [2.05, 4.69) is 35.0 Å². The number of hydrogen-bond acceptors (Lipinski definition) is 8. The van der Waals surface area contributed by atoms with Gasteiger partial charge in [0.1, 0.15) is 10.7 Å². The van der Waals surface area contributed by atoms with Gasteiger partial charge in [0.25, 0.3) is 0 Å². The van der Waals surface area contributed by atoms with E-state index in [0.29, 0.717) is 25.1 Å². The van der Waals surface area contributed by atoms with Crippen molar-refractivity contribution in [2.45, 2.75) is 32.2 Å². The summed E-state index contributed by atoms with van der Waals surface area (Å²) in [7, 11) is 1.74. The number of hydrogen-bond donors (Lipinski definition) is 2. The Morgan fingerprint density at radius 1 is 1.25 bits per heavy atom. The summed E-state index contributed by atoms with van der Waals surface area (Å²) in [4.78, 5) is 14.8. The van der Waals surface area contributed by atoms with Crippen molar-refractivity contribution in [1.29, 1.82) is 0 Å². The zero-order valence-corrected chi connectivity index (χ0v) is 21.2. The fourth-order valence-corrected chi connectivity index (χ4v) is 5.02. The third-order valence-electron chi connectivity index (χ3n) is 5.67. The van der Waals surface area contributed by atoms with Gasteiger partial charge in [-0.2, -0.15) is 0 Å². The van der Waals surface area contributed by atoms with Gasteiger partial charge in [-0.15, -0.1) is 36.2 Å². The number of para-hydroxylation sites is 2. The largest absolute Gasteiger partial charge is 0.395 e. The van der Waals surface area contributed by atoms with Gasteiger partial charge in [0.05, 0.1) is 23.0 Å². The number of amidine groups is 1. The van der Waals surface area contributed by atoms with E-state index in [0.717, 1.165) is 59.0 Å². The number of thiazole rings is 1. The Bertz CT molecular complexity index is 908. The Morgan fingerprint density at radius 3 is 2.75 bits per heavy atom. The number of fused-ring (bicyclic) bond motifs is 2. The Labute approximate surface area is 206 Å². The van der Waals surface area contributed by atoms with Crippen LogP contribution in [-0.4, -0.2) is 78.3 Å². The van der Waals surface area contributed by atoms with Gasteiger partial charge in [-0.25, -0.2) is 9.98 Å². The van der Waals surface area contributed by atoms with Gasteiger partial charge in [-0.05, 0) is 18.6 Å². The van der Waals surface area contributed by atoms with Crippen LogP contribution >= 0.6 is 36.2 Å². The summed E-state index contributed by atoms with van der Waals surface area (Å²) >= 11 is 1.72. The van der Waals surface area contributed by atoms with E-state index in [-0.39, 0.29) is 31.4 Å². The molecule has 0 bridgehead atoms. The van der Waals surface area contributed by atoms with E-state index < -0.39 is 0 Å². The number of nitrogens with one attached hydrogen (secondary N) is 1. The molecule has 0 aliphatic carbocycles. The minimum absolute atomic E-state index is 0. The second-order valence-electron chi connectivity index (χ2n) is 8.10. The molecule has 0 amide bonds. The van der Waals surface area contributed by atoms with Crippen LogP contribution in [-0.2, 0) is 4.74 Å². The Kier molecular flexibility index (Phi) is 10.2. The summed E-state index contributed by atoms with van der Waals surface area (Å²) in [6.45, 7) is 8.52. The quantitative estimate of drug-likeness (QED) is 0.615. The van der Waals surface area contributed by atoms with Crippen molar-refractivity contribution in [1.82, 2.24) is 14.8 Å². The minimum Gasteiger partial charge on any atom is -0.395 e. The molecule has 2 N–H and O–H groups in total. The van der Waals surface area contributed by atoms with Gasteiger partial charge in [-0.3, -0.25) is 4.90 Å². The Morgan fingerprint density at radius 2 is 2.03 bits per heavy atom. The minimum atomic E-state index is 0. The molecule has 1 aromatic heterocycles. The number of anilines is 2. The van der Waals surface area contributed by atoms with E-state index in [1.54, 1.807) is 18.4 Å². The summed E-state index contributed by atoms with van der Waals surface area (Å²) in [6.07, 6.45) is 0.927. The molecule has 10 heteroatoms. The smallest absolute Gasteiger partial charge is 0.158 e. The molecule has 178 valence electrons. The maximum absolute atomic E-state index is 9.48. The zero-order valence-electron chi connectivity index (χ0n) is 18.8. The molecule has 1 atom stereocenters. The lowest BCUT2D eigenvalue weighted by Crippen LogP contribution is -2.55. The first-order valence-corrected chi connectivity index (χ1v) is 11.5. The molecule has 1 unspecified atom stereocenters. The van der Waals surface area contributed by atoms with E-state index in [1.807, 2.05) is 18.2 Å². The highest BCUT2D eigenvalue weighted by Crippen LogP contribution is 2.39. The molecular formula is C22H33Cl2N5O2S. The van der Waals surface area contributed by atoms with Crippen LogP contribution in [0.15, 0.2) is 29.3 Å². The number of aromatic nitrogens is 1. The average molecular weight is 503 g/mol. The summed E-state index contributed by atoms with van der Waals surface area (Å²) in [5, 5.41) is 15.2. The van der Waals surface area contributed by atoms with Crippen LogP contribution < -0.4 is 5.32 Å². The number of aliphatic hydroxyl groups is 1. The molecular weight excluding hydrogens is 469 g/mol. The van der Waals surface area contributed by atoms with Gasteiger partial charge < -0.3 is 20.1 Å². The second-order valence-corrected chi connectivity index (χ2v) is 9.13. The normalized spacial score (nSPS) is 18.0. The van der Waals surface area contributed by atoms with E-state index in [4.69, 9.17) is 14.7 Å². The van der Waals surface area contributed by atoms with E-state index in [1.165, 1.54) is 0 Å². The SMILES string of the molecule is COCCC1CN(C2=Nc3ccccc3Nc3sc(C(C)C)nc32)CCN1CCO.Cl.Cl. The van der Waals surface area contributed by atoms with Crippen molar-refractivity contribution >= 4 is 58.4 Å². The number of aliphatic hydroxyl groups excluding tert-OH is 1. The van der Waals surface area contributed by atoms with E-state index in [9.17, 15) is 5.11 Å². The van der Waals surface area contributed by atoms with Gasteiger partial charge in [-0.1, -0.05) is 26.0 Å². The maximum Gasteiger partial charge on any atom is 0.158 e. The van der Waals surface area contributed by atoms with Crippen LogP contribution in [0.5, 0.6) is 0 Å². The predicted octanol–water partition coefficient (Wildman–Crippen LogP) is 4.26. The first-order chi connectivity index (χ1) is 14.6. The fraction of sp³-hybridized carbons (Fsp3) is 0.545. The van der Waals surface area contributed by atoms with Gasteiger partial charge >= 0.3 is 0 Å². The lowest BCUT2D eigenvalue weighted by Gasteiger charge is -2.42. The zero-order chi connectivity index (χ0) is 21.1. The number of β-amino-alcohol motifs (C(OH)–C–C–N with tert-alkyl or cyclic N) is 1. The summed E-state index contributed by atoms with van der Waals surface area (Å²) < 4.78 is 5.35. The third kappa shape index (κ3) is 5.73. The van der Waals surface area contributed by atoms with Crippen LogP contribution in [0.2, 0.25) is 0 Å². The molecule has 2 aliphatic rings. The molecule has 4 rings (SSSR count). The number of ether oxygens (including phenoxy) is 1. The summed E-state index contributed by atoms with van der Waals surface area (Å²) in [5.41, 5.74) is 2.90. The number of piperazine rings is 1. The number of aliphatic imine (C=N–C) groups is 1. The number of methoxy groups -OCH3 is 1. The van der Waals surface area contributed by atoms with Crippen LogP contribution in [0.4, 0.5) is 16.4 Å². The van der Waals surface area contributed by atoms with Gasteiger partial charge in [0.15, 0.2) is 5.84 Å². The molecule has 1 fully saturated rings. The van der Waals surface area contributed by atoms with Gasteiger partial charge in [0.2, 0.25) is 0 Å². The van der Waals surface area contributed by atoms with Crippen molar-refractivity contribution < 1.29 is 9.84 Å². The third-order valence-corrected chi connectivity index (χ3v) is 6.95. The standard InChI is InChI=1S/C22H31N5O2S.2ClH/c1-15(2)21-25-19-20(23-17-6-4-5-7-18(17)24-22(19)30-21)27-10-9-26(11-12-28)16(14-27)8-13-29-3;;/h4-7,15-16,24,28H,8-14H2,1-3H3;2*1H. The van der Waals surface area contributed by atoms with Crippen LogP contribution in [0, 0.1) is 0 Å². The average Bonchev–Trinajstić information content (AvgIpc) is 3.10. The number of nitrogens with zero attached hydrogens (tertiary/aromatic N) is 4. The highest BCUT2D eigenvalue weighted by molar-refractivity contribution is 7.16. The maximum atomic E-state index is 9.48. The highest BCUT2D eigenvalue weighted by Gasteiger charge is 2.32. The molecule has 0 saturated carbocycles. The molecule has 0 radical (unpaired) electrons. The second kappa shape index (κ2) is 12.2. The Hall–Kier alpha value is -1.42. The first-order valence-electron chi connectivity index (χ1n) is 10.6. The van der Waals surface area contributed by atoms with Crippen molar-refractivity contribution in [3.05, 3.63) is 35.0 Å². The molecule has 3 heterocycles. The molecule has 2 aromatic rings. The van der Waals surface area contributed by atoms with Crippen LogP contribution in [0.25, 0.3) is 0 Å². The number of halogens is 2. The molecule has 1 saturated heterocycles. The van der Waals surface area contributed by atoms with Crippen molar-refractivity contribution in [2.24, 2.45) is 4.99 Å². The monoisotopic (exact) mass is 501 g/mol. The van der Waals surface area contributed by atoms with Crippen molar-refractivity contribution in [3.8, 4) is 0 Å². The Balaban J connectivity index is 0.00000181. The number of rotatable bonds is 6. The predicted molar refractivity (Wildman–Crippen MR) is 137 cm³/mol. The van der Waals surface area contributed by atoms with Crippen LogP contribution in [0.3, 0.4) is 0 Å². The molecule has 2 aliphatic heterocycles. The van der Waals surface area contributed by atoms with Crippen molar-refractivity contribution in [3.63, 3.8) is 0 Å². The topological polar surface area (TPSA) is 73.2 Å². The van der Waals surface area contributed by atoms with Crippen molar-refractivity contribution in [2.75, 3.05) is 51.8 Å². The fourth-order valence-electron chi connectivity index (χ4n) is 4.04. The number of benzene rings is 1. The summed E-state index contributed by atoms with van der Waals surface area (Å²) in [6, 6.07) is 8.49. The highest BCUT2D eigenvalue weighted by atomic mass is 35.5. The summed E-state index contributed by atoms with van der Waals surface area (Å²) in [5.74, 6) is 1.31. The molecule has 1 aromatic carbocycles. The molecule has 0 spiro atoms. The van der Waals surface area contributed by atoms with Crippen LogP contribution in [0.1, 0.15) is 36.9 Å². The van der Waals surface area contributed by atoms with E-state index >= 15 is 0 Å². The van der Waals surface area contributed by atoms with Gasteiger partial charge in [0, 0.05) is 51.9 Å². The molecule has 32 heavy (non-hydrogen) atoms.